The molecule has 2 amide bonds. The molecule has 2 aliphatic heterocycles. The number of aromatic nitrogens is 3. The molecule has 1 aromatic heterocycles. The molecule has 0 unspecified atom stereocenters. The van der Waals surface area contributed by atoms with E-state index in [0.29, 0.717) is 25.2 Å². The minimum Gasteiger partial charge on any atom is -0.340 e. The van der Waals surface area contributed by atoms with Gasteiger partial charge < -0.3 is 9.80 Å². The van der Waals surface area contributed by atoms with E-state index in [9.17, 15) is 9.59 Å². The van der Waals surface area contributed by atoms with Crippen molar-refractivity contribution in [3.05, 3.63) is 42.2 Å². The number of hydrogen-bond acceptors (Lipinski definition) is 4. The maximum Gasteiger partial charge on any atom is 0.276 e. The summed E-state index contributed by atoms with van der Waals surface area (Å²) >= 11 is 0. The zero-order chi connectivity index (χ0) is 17.2. The van der Waals surface area contributed by atoms with Gasteiger partial charge in [-0.3, -0.25) is 9.59 Å². The lowest BCUT2D eigenvalue weighted by Crippen LogP contribution is -2.47. The Morgan fingerprint density at radius 1 is 1.08 bits per heavy atom. The number of rotatable bonds is 3. The average molecular weight is 339 g/mol. The van der Waals surface area contributed by atoms with E-state index in [0.717, 1.165) is 31.5 Å². The Hall–Kier alpha value is -2.70. The van der Waals surface area contributed by atoms with Gasteiger partial charge in [0.15, 0.2) is 5.69 Å². The first kappa shape index (κ1) is 15.8. The maximum atomic E-state index is 12.7. The Morgan fingerprint density at radius 2 is 1.84 bits per heavy atom. The summed E-state index contributed by atoms with van der Waals surface area (Å²) in [6.07, 6.45) is 4.82. The molecular weight excluding hydrogens is 318 g/mol. The minimum atomic E-state index is -0.0895. The summed E-state index contributed by atoms with van der Waals surface area (Å²) in [5.41, 5.74) is 1.19. The molecule has 25 heavy (non-hydrogen) atoms. The van der Waals surface area contributed by atoms with Crippen LogP contribution < -0.4 is 0 Å². The fourth-order valence-electron chi connectivity index (χ4n) is 3.64. The van der Waals surface area contributed by atoms with Crippen LogP contribution >= 0.6 is 0 Å². The van der Waals surface area contributed by atoms with Crippen molar-refractivity contribution in [2.24, 2.45) is 0 Å². The molecule has 130 valence electrons. The number of benzene rings is 1. The topological polar surface area (TPSA) is 71.3 Å². The Morgan fingerprint density at radius 3 is 2.52 bits per heavy atom. The Labute approximate surface area is 146 Å². The molecule has 0 atom stereocenters. The van der Waals surface area contributed by atoms with Crippen LogP contribution in [-0.4, -0.2) is 62.3 Å². The zero-order valence-electron chi connectivity index (χ0n) is 14.0. The molecule has 2 saturated heterocycles. The molecule has 1 aromatic carbocycles. The highest BCUT2D eigenvalue weighted by atomic mass is 16.2. The lowest BCUT2D eigenvalue weighted by Gasteiger charge is -2.36. The van der Waals surface area contributed by atoms with Crippen molar-refractivity contribution in [2.45, 2.75) is 31.7 Å². The van der Waals surface area contributed by atoms with Crippen molar-refractivity contribution in [1.29, 1.82) is 0 Å². The second-order valence-corrected chi connectivity index (χ2v) is 6.57. The summed E-state index contributed by atoms with van der Waals surface area (Å²) in [6.45, 7) is 2.18. The predicted octanol–water partition coefficient (Wildman–Crippen LogP) is 1.49. The van der Waals surface area contributed by atoms with Crippen LogP contribution in [0.5, 0.6) is 0 Å². The number of hydrogen-bond donors (Lipinski definition) is 0. The second kappa shape index (κ2) is 6.66. The summed E-state index contributed by atoms with van der Waals surface area (Å²) in [4.78, 5) is 29.8. The molecule has 0 saturated carbocycles. The molecule has 7 heteroatoms. The Balaban J connectivity index is 1.39. The van der Waals surface area contributed by atoms with Crippen LogP contribution in [0, 0.1) is 0 Å². The lowest BCUT2D eigenvalue weighted by molar-refractivity contribution is -0.130. The number of likely N-dealkylation sites (tertiary alicyclic amines) is 2. The molecule has 4 rings (SSSR count). The zero-order valence-corrected chi connectivity index (χ0v) is 14.0. The molecule has 2 fully saturated rings. The van der Waals surface area contributed by atoms with Gasteiger partial charge >= 0.3 is 0 Å². The van der Waals surface area contributed by atoms with Gasteiger partial charge in [-0.25, -0.2) is 0 Å². The average Bonchev–Trinajstić information content (AvgIpc) is 3.31. The van der Waals surface area contributed by atoms with Crippen LogP contribution in [0.4, 0.5) is 0 Å². The molecule has 0 aliphatic carbocycles. The van der Waals surface area contributed by atoms with Crippen LogP contribution in [0.1, 0.15) is 36.2 Å². The standard InChI is InChI=1S/C18H21N5O2/c24-17-7-4-10-22(17)14-8-11-21(12-9-14)18(25)16-13-19-23(20-16)15-5-2-1-3-6-15/h1-3,5-6,13-14H,4,7-12H2. The van der Waals surface area contributed by atoms with E-state index in [2.05, 4.69) is 10.2 Å². The molecule has 0 radical (unpaired) electrons. The summed E-state index contributed by atoms with van der Waals surface area (Å²) in [7, 11) is 0. The summed E-state index contributed by atoms with van der Waals surface area (Å²) in [5.74, 6) is 0.170. The van der Waals surface area contributed by atoms with Crippen molar-refractivity contribution < 1.29 is 9.59 Å². The van der Waals surface area contributed by atoms with E-state index in [1.807, 2.05) is 40.1 Å². The minimum absolute atomic E-state index is 0.0895. The van der Waals surface area contributed by atoms with Crippen molar-refractivity contribution in [2.75, 3.05) is 19.6 Å². The van der Waals surface area contributed by atoms with Gasteiger partial charge in [-0.2, -0.15) is 9.90 Å². The van der Waals surface area contributed by atoms with Gasteiger partial charge in [0.1, 0.15) is 0 Å². The van der Waals surface area contributed by atoms with Crippen molar-refractivity contribution in [3.8, 4) is 5.69 Å². The summed E-state index contributed by atoms with van der Waals surface area (Å²) in [6, 6.07) is 9.81. The number of amides is 2. The molecule has 7 nitrogen and oxygen atoms in total. The highest BCUT2D eigenvalue weighted by Gasteiger charge is 2.32. The number of carbonyl (C=O) groups is 2. The van der Waals surface area contributed by atoms with Crippen LogP contribution in [-0.2, 0) is 4.79 Å². The fourth-order valence-corrected chi connectivity index (χ4v) is 3.64. The Bertz CT molecular complexity index is 765. The monoisotopic (exact) mass is 339 g/mol. The van der Waals surface area contributed by atoms with E-state index < -0.39 is 0 Å². The van der Waals surface area contributed by atoms with Gasteiger partial charge in [-0.05, 0) is 31.4 Å². The quantitative estimate of drug-likeness (QED) is 0.849. The first-order valence-corrected chi connectivity index (χ1v) is 8.79. The molecule has 0 spiro atoms. The normalized spacial score (nSPS) is 18.8. The van der Waals surface area contributed by atoms with E-state index >= 15 is 0 Å². The third-order valence-electron chi connectivity index (χ3n) is 5.00. The van der Waals surface area contributed by atoms with E-state index in [1.165, 1.54) is 11.0 Å². The second-order valence-electron chi connectivity index (χ2n) is 6.57. The van der Waals surface area contributed by atoms with Crippen molar-refractivity contribution >= 4 is 11.8 Å². The maximum absolute atomic E-state index is 12.7. The summed E-state index contributed by atoms with van der Waals surface area (Å²) in [5, 5.41) is 8.51. The highest BCUT2D eigenvalue weighted by Crippen LogP contribution is 2.22. The molecular formula is C18H21N5O2. The summed E-state index contributed by atoms with van der Waals surface area (Å²) < 4.78 is 0. The highest BCUT2D eigenvalue weighted by molar-refractivity contribution is 5.92. The van der Waals surface area contributed by atoms with Gasteiger partial charge in [0.2, 0.25) is 5.91 Å². The fraction of sp³-hybridized carbons (Fsp3) is 0.444. The molecule has 0 N–H and O–H groups in total. The van der Waals surface area contributed by atoms with E-state index in [-0.39, 0.29) is 17.9 Å². The molecule has 2 aliphatic rings. The van der Waals surface area contributed by atoms with Crippen LogP contribution in [0.2, 0.25) is 0 Å². The van der Waals surface area contributed by atoms with Crippen LogP contribution in [0.3, 0.4) is 0 Å². The largest absolute Gasteiger partial charge is 0.340 e. The SMILES string of the molecule is O=C(c1cnn(-c2ccccc2)n1)N1CCC(N2CCCC2=O)CC1. The smallest absolute Gasteiger partial charge is 0.276 e. The number of piperidine rings is 1. The predicted molar refractivity (Wildman–Crippen MR) is 91.2 cm³/mol. The number of carbonyl (C=O) groups excluding carboxylic acids is 2. The molecule has 3 heterocycles. The lowest BCUT2D eigenvalue weighted by atomic mass is 10.0. The van der Waals surface area contributed by atoms with E-state index in [4.69, 9.17) is 0 Å². The molecule has 0 bridgehead atoms. The first-order chi connectivity index (χ1) is 12.2. The van der Waals surface area contributed by atoms with Gasteiger partial charge in [-0.1, -0.05) is 18.2 Å². The van der Waals surface area contributed by atoms with Crippen LogP contribution in [0.25, 0.3) is 5.69 Å². The van der Waals surface area contributed by atoms with Gasteiger partial charge in [0, 0.05) is 32.1 Å². The van der Waals surface area contributed by atoms with Gasteiger partial charge in [-0.15, -0.1) is 5.10 Å². The number of para-hydroxylation sites is 1. The number of nitrogens with zero attached hydrogens (tertiary/aromatic N) is 5. The third-order valence-corrected chi connectivity index (χ3v) is 5.00. The van der Waals surface area contributed by atoms with Crippen molar-refractivity contribution in [3.63, 3.8) is 0 Å². The Kier molecular flexibility index (Phi) is 4.21. The van der Waals surface area contributed by atoms with Crippen LogP contribution in [0.15, 0.2) is 36.5 Å². The van der Waals surface area contributed by atoms with Gasteiger partial charge in [0.25, 0.3) is 5.91 Å². The van der Waals surface area contributed by atoms with Crippen molar-refractivity contribution in [1.82, 2.24) is 24.8 Å². The molecule has 2 aromatic rings. The first-order valence-electron chi connectivity index (χ1n) is 8.79. The van der Waals surface area contributed by atoms with Gasteiger partial charge in [0.05, 0.1) is 11.9 Å². The third kappa shape index (κ3) is 3.14. The van der Waals surface area contributed by atoms with E-state index in [1.54, 1.807) is 0 Å².